The molecule has 1 fully saturated rings. The van der Waals surface area contributed by atoms with Gasteiger partial charge in [0.2, 0.25) is 5.91 Å². The molecule has 4 nitrogen and oxygen atoms in total. The van der Waals surface area contributed by atoms with Crippen LogP contribution in [0.4, 0.5) is 0 Å². The first kappa shape index (κ1) is 16.8. The summed E-state index contributed by atoms with van der Waals surface area (Å²) in [7, 11) is 0. The molecule has 2 rings (SSSR count). The molecule has 0 bridgehead atoms. The molecule has 0 saturated carbocycles. The van der Waals surface area contributed by atoms with Gasteiger partial charge in [-0.3, -0.25) is 4.79 Å². The summed E-state index contributed by atoms with van der Waals surface area (Å²) in [5, 5.41) is 0. The number of nitrogens with two attached hydrogens (primary N) is 1. The van der Waals surface area contributed by atoms with E-state index in [4.69, 9.17) is 10.5 Å². The van der Waals surface area contributed by atoms with Crippen LogP contribution in [0.25, 0.3) is 0 Å². The van der Waals surface area contributed by atoms with Crippen LogP contribution < -0.4 is 10.5 Å². The summed E-state index contributed by atoms with van der Waals surface area (Å²) < 4.78 is 5.69. The topological polar surface area (TPSA) is 55.6 Å². The molecule has 0 aliphatic carbocycles. The van der Waals surface area contributed by atoms with Gasteiger partial charge in [-0.15, -0.1) is 0 Å². The zero-order chi connectivity index (χ0) is 16.1. The number of piperidine rings is 1. The van der Waals surface area contributed by atoms with Crippen molar-refractivity contribution in [3.8, 4) is 5.75 Å². The molecule has 1 saturated heterocycles. The minimum atomic E-state index is 0.139. The van der Waals surface area contributed by atoms with Crippen LogP contribution in [-0.4, -0.2) is 36.0 Å². The van der Waals surface area contributed by atoms with Crippen LogP contribution in [0.15, 0.2) is 24.3 Å². The standard InChI is InChI=1S/C18H28N2O2/c1-13(2)22-17-8-4-6-15(10-17)11-18(21)20-9-5-7-16(12-20)14(3)19/h4,6,8,10,13-14,16H,5,7,9,11-12,19H2,1-3H3. The van der Waals surface area contributed by atoms with E-state index >= 15 is 0 Å². The molecule has 22 heavy (non-hydrogen) atoms. The normalized spacial score (nSPS) is 20.0. The van der Waals surface area contributed by atoms with Crippen molar-refractivity contribution in [1.29, 1.82) is 0 Å². The molecule has 2 N–H and O–H groups in total. The first-order valence-electron chi connectivity index (χ1n) is 8.24. The van der Waals surface area contributed by atoms with E-state index < -0.39 is 0 Å². The molecule has 2 atom stereocenters. The van der Waals surface area contributed by atoms with Gasteiger partial charge in [0.25, 0.3) is 0 Å². The Hall–Kier alpha value is -1.55. The van der Waals surface area contributed by atoms with E-state index in [0.29, 0.717) is 12.3 Å². The van der Waals surface area contributed by atoms with Gasteiger partial charge < -0.3 is 15.4 Å². The highest BCUT2D eigenvalue weighted by molar-refractivity contribution is 5.79. The van der Waals surface area contributed by atoms with E-state index in [-0.39, 0.29) is 18.1 Å². The van der Waals surface area contributed by atoms with Gasteiger partial charge in [-0.1, -0.05) is 12.1 Å². The van der Waals surface area contributed by atoms with Crippen LogP contribution in [0.2, 0.25) is 0 Å². The Balaban J connectivity index is 1.96. The summed E-state index contributed by atoms with van der Waals surface area (Å²) in [6, 6.07) is 7.98. The number of hydrogen-bond donors (Lipinski definition) is 1. The second-order valence-corrected chi connectivity index (χ2v) is 6.59. The summed E-state index contributed by atoms with van der Waals surface area (Å²) in [5.74, 6) is 1.44. The third-order valence-electron chi connectivity index (χ3n) is 4.18. The van der Waals surface area contributed by atoms with Crippen LogP contribution in [-0.2, 0) is 11.2 Å². The van der Waals surface area contributed by atoms with Gasteiger partial charge in [0.1, 0.15) is 5.75 Å². The number of rotatable bonds is 5. The van der Waals surface area contributed by atoms with Gasteiger partial charge in [0.15, 0.2) is 0 Å². The zero-order valence-corrected chi connectivity index (χ0v) is 13.9. The highest BCUT2D eigenvalue weighted by atomic mass is 16.5. The monoisotopic (exact) mass is 304 g/mol. The first-order chi connectivity index (χ1) is 10.5. The molecule has 2 unspecified atom stereocenters. The Morgan fingerprint density at radius 2 is 2.18 bits per heavy atom. The van der Waals surface area contributed by atoms with E-state index in [0.717, 1.165) is 37.2 Å². The molecule has 0 spiro atoms. The average molecular weight is 304 g/mol. The molecule has 122 valence electrons. The van der Waals surface area contributed by atoms with E-state index in [1.807, 2.05) is 49.9 Å². The van der Waals surface area contributed by atoms with Gasteiger partial charge >= 0.3 is 0 Å². The van der Waals surface area contributed by atoms with E-state index in [9.17, 15) is 4.79 Å². The Morgan fingerprint density at radius 1 is 1.41 bits per heavy atom. The van der Waals surface area contributed by atoms with Crippen molar-refractivity contribution in [2.75, 3.05) is 13.1 Å². The number of nitrogens with zero attached hydrogens (tertiary/aromatic N) is 1. The average Bonchev–Trinajstić information content (AvgIpc) is 2.47. The Morgan fingerprint density at radius 3 is 2.86 bits per heavy atom. The van der Waals surface area contributed by atoms with Gasteiger partial charge in [-0.25, -0.2) is 0 Å². The lowest BCUT2D eigenvalue weighted by molar-refractivity contribution is -0.132. The van der Waals surface area contributed by atoms with Crippen molar-refractivity contribution in [1.82, 2.24) is 4.90 Å². The highest BCUT2D eigenvalue weighted by Gasteiger charge is 2.25. The maximum atomic E-state index is 12.5. The van der Waals surface area contributed by atoms with Crippen molar-refractivity contribution in [2.45, 2.75) is 52.2 Å². The lowest BCUT2D eigenvalue weighted by Gasteiger charge is -2.34. The van der Waals surface area contributed by atoms with Crippen LogP contribution in [0, 0.1) is 5.92 Å². The lowest BCUT2D eigenvalue weighted by atomic mass is 9.92. The number of benzene rings is 1. The highest BCUT2D eigenvalue weighted by Crippen LogP contribution is 2.21. The van der Waals surface area contributed by atoms with Crippen molar-refractivity contribution < 1.29 is 9.53 Å². The SMILES string of the molecule is CC(C)Oc1cccc(CC(=O)N2CCCC(C(C)N)C2)c1. The molecule has 1 aromatic rings. The number of hydrogen-bond acceptors (Lipinski definition) is 3. The molecule has 1 amide bonds. The van der Waals surface area contributed by atoms with Crippen molar-refractivity contribution in [3.63, 3.8) is 0 Å². The molecule has 1 aliphatic heterocycles. The minimum absolute atomic E-state index is 0.139. The van der Waals surface area contributed by atoms with Crippen molar-refractivity contribution in [2.24, 2.45) is 11.7 Å². The van der Waals surface area contributed by atoms with E-state index in [2.05, 4.69) is 0 Å². The fourth-order valence-electron chi connectivity index (χ4n) is 2.95. The van der Waals surface area contributed by atoms with Crippen LogP contribution >= 0.6 is 0 Å². The van der Waals surface area contributed by atoms with Gasteiger partial charge in [-0.2, -0.15) is 0 Å². The fourth-order valence-corrected chi connectivity index (χ4v) is 2.95. The zero-order valence-electron chi connectivity index (χ0n) is 13.9. The third-order valence-corrected chi connectivity index (χ3v) is 4.18. The summed E-state index contributed by atoms with van der Waals surface area (Å²) in [6.07, 6.45) is 2.74. The Labute approximate surface area is 133 Å². The largest absolute Gasteiger partial charge is 0.491 e. The number of likely N-dealkylation sites (tertiary alicyclic amines) is 1. The Kier molecular flexibility index (Phi) is 5.83. The number of ether oxygens (including phenoxy) is 1. The molecule has 0 radical (unpaired) electrons. The van der Waals surface area contributed by atoms with Gasteiger partial charge in [0.05, 0.1) is 12.5 Å². The molecular weight excluding hydrogens is 276 g/mol. The smallest absolute Gasteiger partial charge is 0.227 e. The molecule has 0 aromatic heterocycles. The summed E-state index contributed by atoms with van der Waals surface area (Å²) in [6.45, 7) is 7.67. The molecule has 4 heteroatoms. The molecular formula is C18H28N2O2. The van der Waals surface area contributed by atoms with E-state index in [1.165, 1.54) is 0 Å². The van der Waals surface area contributed by atoms with Crippen molar-refractivity contribution in [3.05, 3.63) is 29.8 Å². The van der Waals surface area contributed by atoms with Crippen LogP contribution in [0.5, 0.6) is 5.75 Å². The summed E-state index contributed by atoms with van der Waals surface area (Å²) >= 11 is 0. The summed E-state index contributed by atoms with van der Waals surface area (Å²) in [4.78, 5) is 14.5. The maximum absolute atomic E-state index is 12.5. The van der Waals surface area contributed by atoms with Gasteiger partial charge in [0, 0.05) is 19.1 Å². The maximum Gasteiger partial charge on any atom is 0.227 e. The number of carbonyl (C=O) groups excluding carboxylic acids is 1. The third kappa shape index (κ3) is 4.73. The fraction of sp³-hybridized carbons (Fsp3) is 0.611. The Bertz CT molecular complexity index is 500. The van der Waals surface area contributed by atoms with Gasteiger partial charge in [-0.05, 0) is 57.2 Å². The minimum Gasteiger partial charge on any atom is -0.491 e. The van der Waals surface area contributed by atoms with Crippen LogP contribution in [0.3, 0.4) is 0 Å². The second kappa shape index (κ2) is 7.63. The molecule has 1 heterocycles. The first-order valence-corrected chi connectivity index (χ1v) is 8.24. The van der Waals surface area contributed by atoms with Crippen molar-refractivity contribution >= 4 is 5.91 Å². The molecule has 1 aromatic carbocycles. The predicted molar refractivity (Wildman–Crippen MR) is 88.9 cm³/mol. The van der Waals surface area contributed by atoms with E-state index in [1.54, 1.807) is 0 Å². The van der Waals surface area contributed by atoms with Crippen LogP contribution in [0.1, 0.15) is 39.2 Å². The second-order valence-electron chi connectivity index (χ2n) is 6.59. The lowest BCUT2D eigenvalue weighted by Crippen LogP contribution is -2.45. The summed E-state index contributed by atoms with van der Waals surface area (Å²) in [5.41, 5.74) is 7.00. The molecule has 1 aliphatic rings. The predicted octanol–water partition coefficient (Wildman–Crippen LogP) is 2.60. The number of amides is 1. The number of carbonyl (C=O) groups is 1. The quantitative estimate of drug-likeness (QED) is 0.909.